The SMILES string of the molecule is CC1(C)C=Cc2nccnc2C1. The Morgan fingerprint density at radius 2 is 2.00 bits per heavy atom. The highest BCUT2D eigenvalue weighted by Crippen LogP contribution is 2.28. The molecule has 0 saturated carbocycles. The molecular weight excluding hydrogens is 148 g/mol. The topological polar surface area (TPSA) is 25.8 Å². The molecule has 1 aromatic rings. The Bertz CT molecular complexity index is 326. The maximum Gasteiger partial charge on any atom is 0.0842 e. The molecule has 0 spiro atoms. The molecule has 1 aromatic heterocycles. The lowest BCUT2D eigenvalue weighted by Gasteiger charge is -2.23. The molecule has 0 amide bonds. The molecule has 0 aromatic carbocycles. The summed E-state index contributed by atoms with van der Waals surface area (Å²) in [6.07, 6.45) is 8.75. The monoisotopic (exact) mass is 160 g/mol. The van der Waals surface area contributed by atoms with Crippen molar-refractivity contribution in [3.05, 3.63) is 29.9 Å². The van der Waals surface area contributed by atoms with Gasteiger partial charge in [0.05, 0.1) is 11.4 Å². The summed E-state index contributed by atoms with van der Waals surface area (Å²) in [5, 5.41) is 0. The molecule has 2 nitrogen and oxygen atoms in total. The lowest BCUT2D eigenvalue weighted by molar-refractivity contribution is 0.466. The molecule has 0 fully saturated rings. The van der Waals surface area contributed by atoms with Crippen LogP contribution in [0.25, 0.3) is 6.08 Å². The lowest BCUT2D eigenvalue weighted by Crippen LogP contribution is -2.17. The summed E-state index contributed by atoms with van der Waals surface area (Å²) in [4.78, 5) is 8.54. The third-order valence-corrected chi connectivity index (χ3v) is 2.12. The number of hydrogen-bond acceptors (Lipinski definition) is 2. The fourth-order valence-corrected chi connectivity index (χ4v) is 1.45. The van der Waals surface area contributed by atoms with Crippen molar-refractivity contribution in [1.82, 2.24) is 9.97 Å². The number of allylic oxidation sites excluding steroid dienone is 1. The van der Waals surface area contributed by atoms with Crippen molar-refractivity contribution in [2.75, 3.05) is 0 Å². The highest BCUT2D eigenvalue weighted by Gasteiger charge is 2.21. The second-order valence-corrected chi connectivity index (χ2v) is 3.89. The summed E-state index contributed by atoms with van der Waals surface area (Å²) in [5.41, 5.74) is 2.38. The van der Waals surface area contributed by atoms with Gasteiger partial charge in [-0.25, -0.2) is 0 Å². The summed E-state index contributed by atoms with van der Waals surface area (Å²) >= 11 is 0. The van der Waals surface area contributed by atoms with Crippen molar-refractivity contribution in [3.63, 3.8) is 0 Å². The van der Waals surface area contributed by atoms with E-state index in [1.165, 1.54) is 0 Å². The first-order valence-corrected chi connectivity index (χ1v) is 4.16. The molecule has 0 radical (unpaired) electrons. The average molecular weight is 160 g/mol. The summed E-state index contributed by atoms with van der Waals surface area (Å²) in [7, 11) is 0. The van der Waals surface area contributed by atoms with Crippen LogP contribution in [0.2, 0.25) is 0 Å². The zero-order chi connectivity index (χ0) is 8.60. The fourth-order valence-electron chi connectivity index (χ4n) is 1.45. The third-order valence-electron chi connectivity index (χ3n) is 2.12. The molecule has 1 aliphatic rings. The number of hydrogen-bond donors (Lipinski definition) is 0. The standard InChI is InChI=1S/C10H12N2/c1-10(2)4-3-8-9(7-10)12-6-5-11-8/h3-6H,7H2,1-2H3. The number of fused-ring (bicyclic) bond motifs is 1. The van der Waals surface area contributed by atoms with Crippen molar-refractivity contribution in [2.45, 2.75) is 20.3 Å². The van der Waals surface area contributed by atoms with Gasteiger partial charge in [-0.1, -0.05) is 19.9 Å². The molecule has 62 valence electrons. The Morgan fingerprint density at radius 3 is 2.83 bits per heavy atom. The summed E-state index contributed by atoms with van der Waals surface area (Å²) in [6, 6.07) is 0. The van der Waals surface area contributed by atoms with Crippen LogP contribution in [0.5, 0.6) is 0 Å². The van der Waals surface area contributed by atoms with Gasteiger partial charge in [-0.2, -0.15) is 0 Å². The van der Waals surface area contributed by atoms with Gasteiger partial charge in [-0.05, 0) is 11.5 Å². The van der Waals surface area contributed by atoms with Crippen LogP contribution in [0.4, 0.5) is 0 Å². The Hall–Kier alpha value is -1.18. The molecule has 1 heterocycles. The predicted molar refractivity (Wildman–Crippen MR) is 48.6 cm³/mol. The van der Waals surface area contributed by atoms with E-state index in [4.69, 9.17) is 0 Å². The van der Waals surface area contributed by atoms with Crippen LogP contribution in [0, 0.1) is 5.41 Å². The highest BCUT2D eigenvalue weighted by molar-refractivity contribution is 5.51. The normalized spacial score (nSPS) is 18.8. The van der Waals surface area contributed by atoms with Crippen molar-refractivity contribution >= 4 is 6.08 Å². The second-order valence-electron chi connectivity index (χ2n) is 3.89. The molecule has 0 bridgehead atoms. The van der Waals surface area contributed by atoms with Crippen LogP contribution in [0.1, 0.15) is 25.2 Å². The first-order chi connectivity index (χ1) is 5.67. The van der Waals surface area contributed by atoms with E-state index in [1.807, 2.05) is 0 Å². The van der Waals surface area contributed by atoms with Gasteiger partial charge in [0.2, 0.25) is 0 Å². The number of rotatable bonds is 0. The Kier molecular flexibility index (Phi) is 1.50. The zero-order valence-electron chi connectivity index (χ0n) is 7.41. The molecule has 2 heteroatoms. The van der Waals surface area contributed by atoms with Gasteiger partial charge in [0.15, 0.2) is 0 Å². The van der Waals surface area contributed by atoms with Crippen molar-refractivity contribution < 1.29 is 0 Å². The molecule has 12 heavy (non-hydrogen) atoms. The summed E-state index contributed by atoms with van der Waals surface area (Å²) in [5.74, 6) is 0. The zero-order valence-corrected chi connectivity index (χ0v) is 7.41. The van der Waals surface area contributed by atoms with E-state index in [-0.39, 0.29) is 5.41 Å². The van der Waals surface area contributed by atoms with Gasteiger partial charge in [0, 0.05) is 18.8 Å². The Labute approximate surface area is 72.4 Å². The largest absolute Gasteiger partial charge is 0.257 e. The third kappa shape index (κ3) is 1.24. The first-order valence-electron chi connectivity index (χ1n) is 4.16. The molecular formula is C10H12N2. The Balaban J connectivity index is 2.46. The molecule has 0 atom stereocenters. The van der Waals surface area contributed by atoms with Gasteiger partial charge < -0.3 is 0 Å². The minimum Gasteiger partial charge on any atom is -0.257 e. The number of aromatic nitrogens is 2. The van der Waals surface area contributed by atoms with E-state index in [2.05, 4.69) is 36.0 Å². The van der Waals surface area contributed by atoms with Gasteiger partial charge in [0.1, 0.15) is 0 Å². The lowest BCUT2D eigenvalue weighted by atomic mass is 9.83. The molecule has 1 aliphatic carbocycles. The maximum absolute atomic E-state index is 4.30. The van der Waals surface area contributed by atoms with Crippen LogP contribution in [0.15, 0.2) is 18.5 Å². The average Bonchev–Trinajstić information content (AvgIpc) is 2.02. The molecule has 0 N–H and O–H groups in total. The molecule has 0 aliphatic heterocycles. The van der Waals surface area contributed by atoms with Gasteiger partial charge in [-0.3, -0.25) is 9.97 Å². The predicted octanol–water partition coefficient (Wildman–Crippen LogP) is 2.07. The van der Waals surface area contributed by atoms with E-state index >= 15 is 0 Å². The van der Waals surface area contributed by atoms with E-state index in [9.17, 15) is 0 Å². The van der Waals surface area contributed by atoms with Crippen molar-refractivity contribution in [3.8, 4) is 0 Å². The molecule has 0 unspecified atom stereocenters. The Morgan fingerprint density at radius 1 is 1.25 bits per heavy atom. The minimum absolute atomic E-state index is 0.239. The second kappa shape index (κ2) is 2.41. The minimum atomic E-state index is 0.239. The van der Waals surface area contributed by atoms with Crippen LogP contribution in [-0.2, 0) is 6.42 Å². The number of nitrogens with zero attached hydrogens (tertiary/aromatic N) is 2. The van der Waals surface area contributed by atoms with E-state index in [1.54, 1.807) is 12.4 Å². The summed E-state index contributed by atoms with van der Waals surface area (Å²) in [6.45, 7) is 4.42. The van der Waals surface area contributed by atoms with E-state index < -0.39 is 0 Å². The quantitative estimate of drug-likeness (QED) is 0.580. The molecule has 0 saturated heterocycles. The van der Waals surface area contributed by atoms with E-state index in [0.717, 1.165) is 17.8 Å². The summed E-state index contributed by atoms with van der Waals surface area (Å²) < 4.78 is 0. The molecule has 2 rings (SSSR count). The smallest absolute Gasteiger partial charge is 0.0842 e. The highest BCUT2D eigenvalue weighted by atomic mass is 14.8. The van der Waals surface area contributed by atoms with Crippen LogP contribution in [-0.4, -0.2) is 9.97 Å². The van der Waals surface area contributed by atoms with Crippen LogP contribution >= 0.6 is 0 Å². The van der Waals surface area contributed by atoms with Gasteiger partial charge in [-0.15, -0.1) is 0 Å². The first kappa shape index (κ1) is 7.47. The van der Waals surface area contributed by atoms with Crippen molar-refractivity contribution in [1.29, 1.82) is 0 Å². The van der Waals surface area contributed by atoms with Gasteiger partial charge >= 0.3 is 0 Å². The van der Waals surface area contributed by atoms with Crippen molar-refractivity contribution in [2.24, 2.45) is 5.41 Å². The van der Waals surface area contributed by atoms with Crippen LogP contribution in [0.3, 0.4) is 0 Å². The van der Waals surface area contributed by atoms with Crippen LogP contribution < -0.4 is 0 Å². The fraction of sp³-hybridized carbons (Fsp3) is 0.400. The van der Waals surface area contributed by atoms with Gasteiger partial charge in [0.25, 0.3) is 0 Å². The van der Waals surface area contributed by atoms with E-state index in [0.29, 0.717) is 0 Å². The maximum atomic E-state index is 4.30.